The molecule has 0 atom stereocenters. The molecule has 3 rings (SSSR count). The molecule has 8 nitrogen and oxygen atoms in total. The lowest BCUT2D eigenvalue weighted by Crippen LogP contribution is -2.49. The van der Waals surface area contributed by atoms with Gasteiger partial charge in [0.1, 0.15) is 5.65 Å². The van der Waals surface area contributed by atoms with E-state index in [0.717, 1.165) is 43.1 Å². The zero-order valence-electron chi connectivity index (χ0n) is 16.9. The van der Waals surface area contributed by atoms with E-state index in [2.05, 4.69) is 41.1 Å². The molecule has 0 spiro atoms. The quantitative estimate of drug-likeness (QED) is 0.606. The lowest BCUT2D eigenvalue weighted by atomic mass is 10.1. The summed E-state index contributed by atoms with van der Waals surface area (Å²) in [7, 11) is 1.42. The summed E-state index contributed by atoms with van der Waals surface area (Å²) in [5.74, 6) is 0.818. The third-order valence-corrected chi connectivity index (χ3v) is 4.98. The van der Waals surface area contributed by atoms with Gasteiger partial charge < -0.3 is 24.7 Å². The number of methoxy groups -OCH3 is 1. The van der Waals surface area contributed by atoms with Crippen LogP contribution in [0.3, 0.4) is 0 Å². The third kappa shape index (κ3) is 4.94. The highest BCUT2D eigenvalue weighted by atomic mass is 16.5. The molecule has 152 valence electrons. The van der Waals surface area contributed by atoms with E-state index in [1.165, 1.54) is 12.7 Å². The number of pyridine rings is 1. The van der Waals surface area contributed by atoms with Gasteiger partial charge >= 0.3 is 6.09 Å². The minimum atomic E-state index is -0.248. The van der Waals surface area contributed by atoms with Gasteiger partial charge in [-0.1, -0.05) is 6.07 Å². The molecule has 3 heterocycles. The molecule has 0 saturated carbocycles. The van der Waals surface area contributed by atoms with Crippen LogP contribution < -0.4 is 10.6 Å². The first-order valence-corrected chi connectivity index (χ1v) is 9.91. The Hall–Kier alpha value is -2.77. The van der Waals surface area contributed by atoms with Crippen LogP contribution in [0.1, 0.15) is 31.0 Å². The Kier molecular flexibility index (Phi) is 6.73. The molecule has 1 saturated heterocycles. The largest absolute Gasteiger partial charge is 0.453 e. The fourth-order valence-corrected chi connectivity index (χ4v) is 3.46. The standard InChI is InChI=1S/C20H30N6O2/c1-4-21-19(24-16-8-12-25(13-9-16)20(27)28-3)22-10-7-17-14-26-11-5-6-15(2)18(26)23-17/h5-6,11,14,16H,4,7-10,12-13H2,1-3H3,(H2,21,22,24). The van der Waals surface area contributed by atoms with Crippen molar-refractivity contribution in [3.63, 3.8) is 0 Å². The van der Waals surface area contributed by atoms with E-state index in [1.54, 1.807) is 4.90 Å². The number of imidazole rings is 1. The number of amides is 1. The smallest absolute Gasteiger partial charge is 0.409 e. The number of piperidine rings is 1. The van der Waals surface area contributed by atoms with Crippen molar-refractivity contribution < 1.29 is 9.53 Å². The second kappa shape index (κ2) is 9.43. The predicted molar refractivity (Wildman–Crippen MR) is 110 cm³/mol. The summed E-state index contributed by atoms with van der Waals surface area (Å²) in [5.41, 5.74) is 3.22. The van der Waals surface area contributed by atoms with Gasteiger partial charge in [-0.3, -0.25) is 4.99 Å². The number of aliphatic imine (C=N–C) groups is 1. The Morgan fingerprint density at radius 3 is 2.86 bits per heavy atom. The summed E-state index contributed by atoms with van der Waals surface area (Å²) in [6.45, 7) is 7.00. The normalized spacial score (nSPS) is 15.7. The molecule has 0 radical (unpaired) electrons. The molecule has 1 aliphatic heterocycles. The van der Waals surface area contributed by atoms with Crippen LogP contribution >= 0.6 is 0 Å². The summed E-state index contributed by atoms with van der Waals surface area (Å²) < 4.78 is 6.85. The number of aryl methyl sites for hydroxylation is 1. The number of guanidine groups is 1. The number of aromatic nitrogens is 2. The molecule has 0 bridgehead atoms. The highest BCUT2D eigenvalue weighted by Crippen LogP contribution is 2.12. The first kappa shape index (κ1) is 20.0. The van der Waals surface area contributed by atoms with Gasteiger partial charge in [-0.15, -0.1) is 0 Å². The first-order valence-electron chi connectivity index (χ1n) is 9.91. The van der Waals surface area contributed by atoms with Gasteiger partial charge in [0.15, 0.2) is 5.96 Å². The molecule has 8 heteroatoms. The average molecular weight is 387 g/mol. The zero-order valence-corrected chi connectivity index (χ0v) is 16.9. The molecular weight excluding hydrogens is 356 g/mol. The number of nitrogens with zero attached hydrogens (tertiary/aromatic N) is 4. The maximum Gasteiger partial charge on any atom is 0.409 e. The molecule has 2 aromatic heterocycles. The van der Waals surface area contributed by atoms with Gasteiger partial charge in [-0.25, -0.2) is 9.78 Å². The van der Waals surface area contributed by atoms with Gasteiger partial charge in [-0.05, 0) is 38.3 Å². The minimum Gasteiger partial charge on any atom is -0.453 e. The van der Waals surface area contributed by atoms with Crippen molar-refractivity contribution in [2.75, 3.05) is 33.3 Å². The first-order chi connectivity index (χ1) is 13.6. The number of likely N-dealkylation sites (tertiary alicyclic amines) is 1. The van der Waals surface area contributed by atoms with Crippen LogP contribution in [0.5, 0.6) is 0 Å². The molecule has 1 amide bonds. The van der Waals surface area contributed by atoms with Crippen LogP contribution in [0.4, 0.5) is 4.79 Å². The lowest BCUT2D eigenvalue weighted by Gasteiger charge is -2.32. The average Bonchev–Trinajstić information content (AvgIpc) is 3.12. The Labute approximate surface area is 166 Å². The van der Waals surface area contributed by atoms with Crippen LogP contribution in [0.2, 0.25) is 0 Å². The molecule has 1 fully saturated rings. The maximum absolute atomic E-state index is 11.6. The number of rotatable bonds is 5. The van der Waals surface area contributed by atoms with Crippen LogP contribution in [0.25, 0.3) is 5.65 Å². The van der Waals surface area contributed by atoms with E-state index in [4.69, 9.17) is 14.7 Å². The fraction of sp³-hybridized carbons (Fsp3) is 0.550. The number of hydrogen-bond donors (Lipinski definition) is 2. The Bertz CT molecular complexity index is 823. The highest BCUT2D eigenvalue weighted by Gasteiger charge is 2.23. The fourth-order valence-electron chi connectivity index (χ4n) is 3.46. The molecular formula is C20H30N6O2. The minimum absolute atomic E-state index is 0.248. The molecule has 0 aliphatic carbocycles. The van der Waals surface area contributed by atoms with Crippen LogP contribution in [-0.2, 0) is 11.2 Å². The molecule has 0 aromatic carbocycles. The maximum atomic E-state index is 11.6. The summed E-state index contributed by atoms with van der Waals surface area (Å²) >= 11 is 0. The van der Waals surface area contributed by atoms with E-state index in [9.17, 15) is 4.79 Å². The van der Waals surface area contributed by atoms with Gasteiger partial charge in [-0.2, -0.15) is 0 Å². The predicted octanol–water partition coefficient (Wildman–Crippen LogP) is 1.97. The molecule has 0 unspecified atom stereocenters. The third-order valence-electron chi connectivity index (χ3n) is 4.98. The van der Waals surface area contributed by atoms with Crippen LogP contribution in [-0.4, -0.2) is 65.7 Å². The van der Waals surface area contributed by atoms with Crippen molar-refractivity contribution in [2.24, 2.45) is 4.99 Å². The van der Waals surface area contributed by atoms with Crippen molar-refractivity contribution in [1.29, 1.82) is 0 Å². The van der Waals surface area contributed by atoms with Gasteiger partial charge in [0.25, 0.3) is 0 Å². The SMILES string of the molecule is CCNC(=NCCc1cn2cccc(C)c2n1)NC1CCN(C(=O)OC)CC1. The van der Waals surface area contributed by atoms with Crippen LogP contribution in [0.15, 0.2) is 29.5 Å². The van der Waals surface area contributed by atoms with E-state index < -0.39 is 0 Å². The summed E-state index contributed by atoms with van der Waals surface area (Å²) in [5, 5.41) is 6.80. The van der Waals surface area contributed by atoms with Gasteiger partial charge in [0.2, 0.25) is 0 Å². The number of nitrogens with one attached hydrogen (secondary N) is 2. The zero-order chi connectivity index (χ0) is 19.9. The van der Waals surface area contributed by atoms with Gasteiger partial charge in [0.05, 0.1) is 12.8 Å². The number of hydrogen-bond acceptors (Lipinski definition) is 4. The van der Waals surface area contributed by atoms with Crippen molar-refractivity contribution in [3.05, 3.63) is 35.8 Å². The monoisotopic (exact) mass is 386 g/mol. The van der Waals surface area contributed by atoms with Crippen molar-refractivity contribution >= 4 is 17.7 Å². The number of carbonyl (C=O) groups excluding carboxylic acids is 1. The Balaban J connectivity index is 1.54. The highest BCUT2D eigenvalue weighted by molar-refractivity contribution is 5.80. The van der Waals surface area contributed by atoms with Crippen LogP contribution in [0, 0.1) is 6.92 Å². The number of ether oxygens (including phenoxy) is 1. The Morgan fingerprint density at radius 1 is 1.39 bits per heavy atom. The van der Waals surface area contributed by atoms with Crippen molar-refractivity contribution in [3.8, 4) is 0 Å². The molecule has 1 aliphatic rings. The van der Waals surface area contributed by atoms with Gasteiger partial charge in [0, 0.05) is 51.0 Å². The van der Waals surface area contributed by atoms with E-state index in [-0.39, 0.29) is 6.09 Å². The molecule has 2 N–H and O–H groups in total. The Morgan fingerprint density at radius 2 is 2.18 bits per heavy atom. The molecule has 28 heavy (non-hydrogen) atoms. The van der Waals surface area contributed by atoms with Crippen molar-refractivity contribution in [1.82, 2.24) is 24.9 Å². The summed E-state index contributed by atoms with van der Waals surface area (Å²) in [6.07, 6.45) is 6.39. The van der Waals surface area contributed by atoms with E-state index >= 15 is 0 Å². The van der Waals surface area contributed by atoms with Crippen molar-refractivity contribution in [2.45, 2.75) is 39.2 Å². The number of fused-ring (bicyclic) bond motifs is 1. The summed E-state index contributed by atoms with van der Waals surface area (Å²) in [6, 6.07) is 4.41. The summed E-state index contributed by atoms with van der Waals surface area (Å²) in [4.78, 5) is 22.8. The lowest BCUT2D eigenvalue weighted by molar-refractivity contribution is 0.111. The topological polar surface area (TPSA) is 83.3 Å². The second-order valence-corrected chi connectivity index (χ2v) is 7.04. The van der Waals surface area contributed by atoms with E-state index in [1.807, 2.05) is 12.3 Å². The molecule has 2 aromatic rings. The van der Waals surface area contributed by atoms with E-state index in [0.29, 0.717) is 25.7 Å². The number of carbonyl (C=O) groups is 1. The second-order valence-electron chi connectivity index (χ2n) is 7.04.